The quantitative estimate of drug-likeness (QED) is 0.450. The van der Waals surface area contributed by atoms with Gasteiger partial charge in [-0.3, -0.25) is 15.0 Å². The van der Waals surface area contributed by atoms with Gasteiger partial charge in [0.1, 0.15) is 30.0 Å². The maximum Gasteiger partial charge on any atom is 0.329 e. The standard InChI is InChI=1S/C23H28N6O5/c30-12-16(31)13-34-17-5-7-24-20(9-17)27-23(33)29-15-6-8-28(11-15)19-4-3-18(26-21(19)29)22(32)25-10-14-1-2-14/h3-5,7,9,14-16,30-31H,1-2,6,8,10-13H2,(H,25,32)(H,24,27,33)/t15-,16?/m0/s1. The molecule has 0 radical (unpaired) electrons. The number of hydrogen-bond acceptors (Lipinski definition) is 8. The van der Waals surface area contributed by atoms with E-state index in [-0.39, 0.29) is 30.1 Å². The number of amides is 3. The second-order valence-corrected chi connectivity index (χ2v) is 8.91. The fourth-order valence-corrected chi connectivity index (χ4v) is 4.23. The summed E-state index contributed by atoms with van der Waals surface area (Å²) in [5.74, 6) is 1.46. The van der Waals surface area contributed by atoms with E-state index in [9.17, 15) is 14.7 Å². The number of carbonyl (C=O) groups is 2. The van der Waals surface area contributed by atoms with Crippen molar-refractivity contribution in [2.24, 2.45) is 5.92 Å². The molecule has 2 aromatic heterocycles. The predicted octanol–water partition coefficient (Wildman–Crippen LogP) is 0.979. The van der Waals surface area contributed by atoms with Crippen molar-refractivity contribution >= 4 is 29.3 Å². The molecule has 34 heavy (non-hydrogen) atoms. The van der Waals surface area contributed by atoms with Crippen LogP contribution < -0.4 is 25.2 Å². The number of ether oxygens (including phenoxy) is 1. The van der Waals surface area contributed by atoms with Gasteiger partial charge in [0, 0.05) is 31.9 Å². The molecule has 3 amide bonds. The molecule has 5 rings (SSSR count). The summed E-state index contributed by atoms with van der Waals surface area (Å²) in [5, 5.41) is 24.1. The highest BCUT2D eigenvalue weighted by Crippen LogP contribution is 2.39. The van der Waals surface area contributed by atoms with Crippen LogP contribution in [0.15, 0.2) is 30.5 Å². The Bertz CT molecular complexity index is 1080. The number of fused-ring (bicyclic) bond motifs is 4. The Hall–Kier alpha value is -3.44. The molecule has 1 saturated carbocycles. The van der Waals surface area contributed by atoms with Crippen LogP contribution in [-0.2, 0) is 0 Å². The zero-order chi connectivity index (χ0) is 23.7. The number of aliphatic hydroxyl groups is 2. The highest BCUT2D eigenvalue weighted by atomic mass is 16.5. The van der Waals surface area contributed by atoms with Crippen LogP contribution in [0.1, 0.15) is 29.8 Å². The summed E-state index contributed by atoms with van der Waals surface area (Å²) in [5.41, 5.74) is 1.11. The van der Waals surface area contributed by atoms with Crippen LogP contribution in [0.3, 0.4) is 0 Å². The van der Waals surface area contributed by atoms with Gasteiger partial charge in [0.2, 0.25) is 0 Å². The number of urea groups is 1. The number of hydrogen-bond donors (Lipinski definition) is 4. The van der Waals surface area contributed by atoms with Crippen molar-refractivity contribution in [3.05, 3.63) is 36.2 Å². The number of aromatic nitrogens is 2. The summed E-state index contributed by atoms with van der Waals surface area (Å²) in [7, 11) is 0. The minimum absolute atomic E-state index is 0.0658. The smallest absolute Gasteiger partial charge is 0.329 e. The third-order valence-electron chi connectivity index (χ3n) is 6.27. The summed E-state index contributed by atoms with van der Waals surface area (Å²) < 4.78 is 5.44. The van der Waals surface area contributed by atoms with Crippen LogP contribution in [0.4, 0.5) is 22.1 Å². The van der Waals surface area contributed by atoms with Crippen LogP contribution >= 0.6 is 0 Å². The largest absolute Gasteiger partial charge is 0.491 e. The monoisotopic (exact) mass is 468 g/mol. The van der Waals surface area contributed by atoms with Gasteiger partial charge in [0.05, 0.1) is 18.3 Å². The molecule has 2 atom stereocenters. The topological polar surface area (TPSA) is 140 Å². The first kappa shape index (κ1) is 22.4. The van der Waals surface area contributed by atoms with Gasteiger partial charge in [0.15, 0.2) is 5.82 Å². The molecule has 11 nitrogen and oxygen atoms in total. The van der Waals surface area contributed by atoms with Crippen molar-refractivity contribution in [1.82, 2.24) is 15.3 Å². The van der Waals surface area contributed by atoms with E-state index in [2.05, 4.69) is 25.5 Å². The molecule has 2 fully saturated rings. The van der Waals surface area contributed by atoms with Crippen LogP contribution in [0.2, 0.25) is 0 Å². The summed E-state index contributed by atoms with van der Waals surface area (Å²) >= 11 is 0. The number of nitrogens with zero attached hydrogens (tertiary/aromatic N) is 4. The maximum atomic E-state index is 13.3. The highest BCUT2D eigenvalue weighted by molar-refractivity contribution is 6.05. The van der Waals surface area contributed by atoms with Gasteiger partial charge < -0.3 is 25.2 Å². The van der Waals surface area contributed by atoms with Gasteiger partial charge in [-0.05, 0) is 43.4 Å². The molecule has 2 aromatic rings. The Kier molecular flexibility index (Phi) is 6.20. The number of anilines is 3. The van der Waals surface area contributed by atoms with Crippen molar-refractivity contribution in [2.45, 2.75) is 31.4 Å². The maximum absolute atomic E-state index is 13.3. The third kappa shape index (κ3) is 4.75. The van der Waals surface area contributed by atoms with E-state index < -0.39 is 18.7 Å². The lowest BCUT2D eigenvalue weighted by molar-refractivity contribution is 0.0536. The molecule has 1 saturated heterocycles. The first-order chi connectivity index (χ1) is 16.5. The fraction of sp³-hybridized carbons (Fsp3) is 0.478. The fourth-order valence-electron chi connectivity index (χ4n) is 4.23. The van der Waals surface area contributed by atoms with Crippen molar-refractivity contribution < 1.29 is 24.5 Å². The van der Waals surface area contributed by atoms with Crippen LogP contribution in [-0.4, -0.2) is 77.1 Å². The highest BCUT2D eigenvalue weighted by Gasteiger charge is 2.40. The Labute approximate surface area is 196 Å². The van der Waals surface area contributed by atoms with Crippen LogP contribution in [0.25, 0.3) is 0 Å². The van der Waals surface area contributed by atoms with E-state index in [0.29, 0.717) is 30.6 Å². The van der Waals surface area contributed by atoms with E-state index >= 15 is 0 Å². The minimum atomic E-state index is -0.997. The Morgan fingerprint density at radius 1 is 1.24 bits per heavy atom. The average molecular weight is 469 g/mol. The Morgan fingerprint density at radius 2 is 2.09 bits per heavy atom. The molecule has 11 heteroatoms. The summed E-state index contributed by atoms with van der Waals surface area (Å²) in [6.45, 7) is 1.67. The summed E-state index contributed by atoms with van der Waals surface area (Å²) in [6.07, 6.45) is 3.57. The van der Waals surface area contributed by atoms with Crippen LogP contribution in [0.5, 0.6) is 5.75 Å². The molecule has 2 bridgehead atoms. The minimum Gasteiger partial charge on any atom is -0.491 e. The van der Waals surface area contributed by atoms with Crippen molar-refractivity contribution in [3.8, 4) is 5.75 Å². The zero-order valence-electron chi connectivity index (χ0n) is 18.7. The third-order valence-corrected chi connectivity index (χ3v) is 6.27. The number of carbonyl (C=O) groups excluding carboxylic acids is 2. The average Bonchev–Trinajstić information content (AvgIpc) is 3.60. The van der Waals surface area contributed by atoms with Gasteiger partial charge in [0.25, 0.3) is 5.91 Å². The molecule has 180 valence electrons. The van der Waals surface area contributed by atoms with E-state index in [1.54, 1.807) is 23.1 Å². The lowest BCUT2D eigenvalue weighted by Crippen LogP contribution is -2.48. The van der Waals surface area contributed by atoms with E-state index in [0.717, 1.165) is 31.5 Å². The first-order valence-electron chi connectivity index (χ1n) is 11.5. The van der Waals surface area contributed by atoms with Crippen LogP contribution in [0, 0.1) is 5.92 Å². The molecule has 0 aromatic carbocycles. The molecule has 4 N–H and O–H groups in total. The van der Waals surface area contributed by atoms with Crippen molar-refractivity contribution in [3.63, 3.8) is 0 Å². The van der Waals surface area contributed by atoms with Gasteiger partial charge in [-0.15, -0.1) is 0 Å². The second-order valence-electron chi connectivity index (χ2n) is 8.91. The lowest BCUT2D eigenvalue weighted by Gasteiger charge is -2.35. The van der Waals surface area contributed by atoms with Crippen molar-refractivity contribution in [2.75, 3.05) is 48.0 Å². The van der Waals surface area contributed by atoms with Crippen molar-refractivity contribution in [1.29, 1.82) is 0 Å². The molecule has 1 aliphatic carbocycles. The first-order valence-corrected chi connectivity index (χ1v) is 11.5. The molecule has 0 spiro atoms. The molecule has 2 aliphatic heterocycles. The SMILES string of the molecule is O=C(NCC1CC1)c1ccc2c(n1)N(C(=O)Nc1cc(OCC(O)CO)ccn1)[C@H]1CCN2C1. The lowest BCUT2D eigenvalue weighted by atomic mass is 10.1. The van der Waals surface area contributed by atoms with Gasteiger partial charge >= 0.3 is 6.03 Å². The molecule has 4 heterocycles. The Balaban J connectivity index is 1.34. The van der Waals surface area contributed by atoms with Gasteiger partial charge in [-0.1, -0.05) is 0 Å². The normalized spacial score (nSPS) is 19.4. The van der Waals surface area contributed by atoms with Gasteiger partial charge in [-0.25, -0.2) is 14.8 Å². The van der Waals surface area contributed by atoms with E-state index in [1.807, 2.05) is 6.07 Å². The molecular weight excluding hydrogens is 440 g/mol. The van der Waals surface area contributed by atoms with E-state index in [4.69, 9.17) is 9.84 Å². The number of aliphatic hydroxyl groups excluding tert-OH is 2. The number of rotatable bonds is 8. The predicted molar refractivity (Wildman–Crippen MR) is 124 cm³/mol. The molecule has 3 aliphatic rings. The number of nitrogens with one attached hydrogen (secondary N) is 2. The van der Waals surface area contributed by atoms with Gasteiger partial charge in [-0.2, -0.15) is 0 Å². The number of pyridine rings is 2. The molecular formula is C23H28N6O5. The summed E-state index contributed by atoms with van der Waals surface area (Å²) in [4.78, 5) is 38.5. The Morgan fingerprint density at radius 3 is 2.88 bits per heavy atom. The second kappa shape index (κ2) is 9.43. The van der Waals surface area contributed by atoms with E-state index in [1.165, 1.54) is 6.20 Å². The molecule has 1 unspecified atom stereocenters. The zero-order valence-corrected chi connectivity index (χ0v) is 18.7. The summed E-state index contributed by atoms with van der Waals surface area (Å²) in [6, 6.07) is 6.25.